The monoisotopic (exact) mass is 640 g/mol. The Kier molecular flexibility index (Phi) is 9.32. The van der Waals surface area contributed by atoms with Crippen molar-refractivity contribution in [3.63, 3.8) is 0 Å². The number of halogens is 1. The molecule has 3 aromatic carbocycles. The van der Waals surface area contributed by atoms with E-state index in [2.05, 4.69) is 15.5 Å². The molecule has 0 saturated carbocycles. The molecule has 0 fully saturated rings. The summed E-state index contributed by atoms with van der Waals surface area (Å²) in [5, 5.41) is 20.3. The van der Waals surface area contributed by atoms with E-state index in [1.165, 1.54) is 28.9 Å². The summed E-state index contributed by atoms with van der Waals surface area (Å²) in [5.41, 5.74) is 2.91. The molecule has 0 unspecified atom stereocenters. The normalized spacial score (nSPS) is 14.3. The molecule has 228 valence electrons. The summed E-state index contributed by atoms with van der Waals surface area (Å²) >= 11 is 2.79. The van der Waals surface area contributed by atoms with Gasteiger partial charge in [-0.3, -0.25) is 14.2 Å². The fourth-order valence-corrected chi connectivity index (χ4v) is 6.49. The number of rotatable bonds is 11. The second-order valence-electron chi connectivity index (χ2n) is 10.0. The second kappa shape index (κ2) is 13.9. The van der Waals surface area contributed by atoms with Crippen molar-refractivity contribution in [3.8, 4) is 11.4 Å². The molecule has 45 heavy (non-hydrogen) atoms. The maximum absolute atomic E-state index is 13.7. The van der Waals surface area contributed by atoms with Crippen LogP contribution in [0, 0.1) is 5.82 Å². The maximum atomic E-state index is 13.7. The van der Waals surface area contributed by atoms with Crippen LogP contribution >= 0.6 is 23.1 Å². The van der Waals surface area contributed by atoms with E-state index in [9.17, 15) is 14.0 Å². The number of nitrogens with zero attached hydrogens (tertiary/aromatic N) is 5. The van der Waals surface area contributed by atoms with Crippen LogP contribution in [0.25, 0.3) is 5.69 Å². The van der Waals surface area contributed by atoms with E-state index < -0.39 is 0 Å². The number of carbonyl (C=O) groups is 2. The van der Waals surface area contributed by atoms with Gasteiger partial charge >= 0.3 is 0 Å². The highest BCUT2D eigenvalue weighted by Gasteiger charge is 2.33. The van der Waals surface area contributed by atoms with Crippen molar-refractivity contribution in [3.05, 3.63) is 124 Å². The lowest BCUT2D eigenvalue weighted by Gasteiger charge is -2.22. The van der Waals surface area contributed by atoms with Gasteiger partial charge in [0, 0.05) is 17.7 Å². The molecular weight excluding hydrogens is 612 g/mol. The minimum absolute atomic E-state index is 0.0322. The molecule has 1 atom stereocenters. The number of amides is 2. The first-order chi connectivity index (χ1) is 22.0. The van der Waals surface area contributed by atoms with Gasteiger partial charge in [0.15, 0.2) is 11.0 Å². The summed E-state index contributed by atoms with van der Waals surface area (Å²) < 4.78 is 21.1. The Morgan fingerprint density at radius 2 is 1.78 bits per heavy atom. The number of carbonyl (C=O) groups excluding carboxylic acids is 2. The van der Waals surface area contributed by atoms with Crippen LogP contribution in [-0.4, -0.2) is 49.7 Å². The zero-order valence-corrected chi connectivity index (χ0v) is 25.9. The van der Waals surface area contributed by atoms with Crippen LogP contribution in [0.1, 0.15) is 46.0 Å². The molecule has 6 rings (SSSR count). The van der Waals surface area contributed by atoms with Gasteiger partial charge in [-0.15, -0.1) is 21.5 Å². The molecule has 0 spiro atoms. The molecule has 1 aliphatic rings. The Hall–Kier alpha value is -4.81. The van der Waals surface area contributed by atoms with E-state index >= 15 is 0 Å². The highest BCUT2D eigenvalue weighted by atomic mass is 32.2. The molecule has 2 amide bonds. The Bertz CT molecular complexity index is 1790. The van der Waals surface area contributed by atoms with Gasteiger partial charge in [-0.2, -0.15) is 5.10 Å². The largest absolute Gasteiger partial charge is 0.494 e. The summed E-state index contributed by atoms with van der Waals surface area (Å²) in [6.07, 6.45) is 0.524. The molecule has 1 N–H and O–H groups in total. The molecular formula is C33H29FN6O3S2. The minimum Gasteiger partial charge on any atom is -0.494 e. The standard InChI is InChI=1S/C33H29FN6O3S2/c1-2-43-26-16-14-25(15-17-26)39-30(20-35-32(42)23-7-4-3-5-8-23)36-37-33(39)45-21-31(41)40-28(22-10-12-24(34)13-11-22)19-27(38-40)29-9-6-18-44-29/h3-18,28H,2,19-21H2,1H3,(H,35,42)/t28-/m0/s1. The zero-order valence-electron chi connectivity index (χ0n) is 24.3. The molecule has 5 aromatic rings. The third kappa shape index (κ3) is 6.97. The first-order valence-corrected chi connectivity index (χ1v) is 16.2. The number of thiophene rings is 1. The van der Waals surface area contributed by atoms with Crippen molar-refractivity contribution >= 4 is 40.6 Å². The van der Waals surface area contributed by atoms with Crippen LogP contribution in [0.3, 0.4) is 0 Å². The lowest BCUT2D eigenvalue weighted by Crippen LogP contribution is -2.28. The molecule has 12 heteroatoms. The Morgan fingerprint density at radius 3 is 2.49 bits per heavy atom. The molecule has 3 heterocycles. The first kappa shape index (κ1) is 30.2. The number of hydrogen-bond acceptors (Lipinski definition) is 8. The molecule has 0 radical (unpaired) electrons. The summed E-state index contributed by atoms with van der Waals surface area (Å²) in [6, 6.07) is 26.1. The third-order valence-corrected chi connectivity index (χ3v) is 8.93. The van der Waals surface area contributed by atoms with E-state index in [0.717, 1.165) is 27.6 Å². The molecule has 1 aliphatic heterocycles. The Morgan fingerprint density at radius 1 is 1.00 bits per heavy atom. The average molecular weight is 641 g/mol. The molecule has 0 bridgehead atoms. The van der Waals surface area contributed by atoms with Crippen LogP contribution < -0.4 is 10.1 Å². The van der Waals surface area contributed by atoms with Gasteiger partial charge in [0.05, 0.1) is 35.5 Å². The number of hydrazone groups is 1. The van der Waals surface area contributed by atoms with Gasteiger partial charge < -0.3 is 10.1 Å². The van der Waals surface area contributed by atoms with Crippen LogP contribution in [0.5, 0.6) is 5.75 Å². The number of nitrogens with one attached hydrogen (secondary N) is 1. The van der Waals surface area contributed by atoms with Crippen molar-refractivity contribution in [2.45, 2.75) is 31.1 Å². The fourth-order valence-electron chi connectivity index (χ4n) is 4.95. The van der Waals surface area contributed by atoms with Crippen molar-refractivity contribution in [1.29, 1.82) is 0 Å². The van der Waals surface area contributed by atoms with E-state index in [0.29, 0.717) is 29.6 Å². The summed E-state index contributed by atoms with van der Waals surface area (Å²) in [7, 11) is 0. The molecule has 0 saturated heterocycles. The van der Waals surface area contributed by atoms with E-state index in [1.54, 1.807) is 47.7 Å². The van der Waals surface area contributed by atoms with Gasteiger partial charge in [-0.05, 0) is 72.5 Å². The van der Waals surface area contributed by atoms with Gasteiger partial charge in [-0.1, -0.05) is 48.2 Å². The quantitative estimate of drug-likeness (QED) is 0.171. The van der Waals surface area contributed by atoms with Crippen molar-refractivity contribution < 1.29 is 18.7 Å². The highest BCUT2D eigenvalue weighted by molar-refractivity contribution is 7.99. The topological polar surface area (TPSA) is 102 Å². The predicted octanol–water partition coefficient (Wildman–Crippen LogP) is 6.27. The van der Waals surface area contributed by atoms with Gasteiger partial charge in [0.2, 0.25) is 0 Å². The Balaban J connectivity index is 1.24. The van der Waals surface area contributed by atoms with Crippen molar-refractivity contribution in [2.75, 3.05) is 12.4 Å². The van der Waals surface area contributed by atoms with Gasteiger partial charge in [0.25, 0.3) is 11.8 Å². The van der Waals surface area contributed by atoms with E-state index in [-0.39, 0.29) is 36.0 Å². The van der Waals surface area contributed by atoms with Crippen LogP contribution in [0.15, 0.2) is 107 Å². The number of ether oxygens (including phenoxy) is 1. The fraction of sp³-hybridized carbons (Fsp3) is 0.182. The molecule has 0 aliphatic carbocycles. The second-order valence-corrected chi connectivity index (χ2v) is 11.9. The lowest BCUT2D eigenvalue weighted by atomic mass is 10.0. The van der Waals surface area contributed by atoms with Crippen LogP contribution in [0.4, 0.5) is 4.39 Å². The highest BCUT2D eigenvalue weighted by Crippen LogP contribution is 2.35. The predicted molar refractivity (Wildman–Crippen MR) is 172 cm³/mol. The van der Waals surface area contributed by atoms with E-state index in [1.807, 2.05) is 59.3 Å². The van der Waals surface area contributed by atoms with Crippen LogP contribution in [-0.2, 0) is 11.3 Å². The summed E-state index contributed by atoms with van der Waals surface area (Å²) in [6.45, 7) is 2.58. The minimum atomic E-state index is -0.358. The van der Waals surface area contributed by atoms with Crippen molar-refractivity contribution in [2.24, 2.45) is 5.10 Å². The zero-order chi connectivity index (χ0) is 31.2. The summed E-state index contributed by atoms with van der Waals surface area (Å²) in [4.78, 5) is 27.5. The van der Waals surface area contributed by atoms with Gasteiger partial charge in [-0.25, -0.2) is 9.40 Å². The van der Waals surface area contributed by atoms with Gasteiger partial charge in [0.1, 0.15) is 11.6 Å². The number of hydrogen-bond donors (Lipinski definition) is 1. The molecule has 2 aromatic heterocycles. The Labute approximate surface area is 267 Å². The van der Waals surface area contributed by atoms with E-state index in [4.69, 9.17) is 9.84 Å². The smallest absolute Gasteiger partial charge is 0.253 e. The first-order valence-electron chi connectivity index (χ1n) is 14.3. The number of aromatic nitrogens is 3. The molecule has 9 nitrogen and oxygen atoms in total. The van der Waals surface area contributed by atoms with Crippen LogP contribution in [0.2, 0.25) is 0 Å². The lowest BCUT2D eigenvalue weighted by molar-refractivity contribution is -0.130. The average Bonchev–Trinajstić information content (AvgIpc) is 3.84. The number of benzene rings is 3. The summed E-state index contributed by atoms with van der Waals surface area (Å²) in [5.74, 6) is 0.459. The van der Waals surface area contributed by atoms with Crippen molar-refractivity contribution in [1.82, 2.24) is 25.1 Å². The SMILES string of the molecule is CCOc1ccc(-n2c(CNC(=O)c3ccccc3)nnc2SCC(=O)N2N=C(c3cccs3)C[C@H]2c2ccc(F)cc2)cc1. The number of thioether (sulfide) groups is 1. The third-order valence-electron chi connectivity index (χ3n) is 7.10. The maximum Gasteiger partial charge on any atom is 0.253 e.